The summed E-state index contributed by atoms with van der Waals surface area (Å²) in [5.41, 5.74) is 0. The van der Waals surface area contributed by atoms with E-state index in [0.717, 1.165) is 51.2 Å². The molecule has 1 aromatic heterocycles. The number of ether oxygens (including phenoxy) is 1. The van der Waals surface area contributed by atoms with E-state index in [4.69, 9.17) is 9.72 Å². The number of methoxy groups -OCH3 is 1. The van der Waals surface area contributed by atoms with Gasteiger partial charge in [-0.2, -0.15) is 15.0 Å². The standard InChI is InChI=1S/C18H32N6O/c1-4-22(2)13-15-9-12-24(14-15)17-19-16(20-18(21-17)25-3)23-10-7-5-6-8-11-23/h15H,4-14H2,1-3H3. The van der Waals surface area contributed by atoms with Crippen LogP contribution in [0.3, 0.4) is 0 Å². The highest BCUT2D eigenvalue weighted by Gasteiger charge is 2.27. The highest BCUT2D eigenvalue weighted by Crippen LogP contribution is 2.25. The Morgan fingerprint density at radius 3 is 2.32 bits per heavy atom. The summed E-state index contributed by atoms with van der Waals surface area (Å²) in [6.07, 6.45) is 6.20. The van der Waals surface area contributed by atoms with Crippen molar-refractivity contribution in [2.45, 2.75) is 39.0 Å². The fourth-order valence-corrected chi connectivity index (χ4v) is 3.71. The van der Waals surface area contributed by atoms with Gasteiger partial charge in [-0.15, -0.1) is 0 Å². The molecule has 0 bridgehead atoms. The van der Waals surface area contributed by atoms with E-state index in [1.165, 1.54) is 32.1 Å². The average Bonchev–Trinajstić information content (AvgIpc) is 2.93. The number of aromatic nitrogens is 3. The maximum atomic E-state index is 5.36. The van der Waals surface area contributed by atoms with E-state index < -0.39 is 0 Å². The van der Waals surface area contributed by atoms with E-state index in [2.05, 4.69) is 38.6 Å². The fourth-order valence-electron chi connectivity index (χ4n) is 3.71. The summed E-state index contributed by atoms with van der Waals surface area (Å²) in [4.78, 5) is 20.8. The van der Waals surface area contributed by atoms with Crippen LogP contribution < -0.4 is 14.5 Å². The van der Waals surface area contributed by atoms with Crippen LogP contribution in [0.1, 0.15) is 39.0 Å². The van der Waals surface area contributed by atoms with Crippen molar-refractivity contribution >= 4 is 11.9 Å². The smallest absolute Gasteiger partial charge is 0.322 e. The number of anilines is 2. The van der Waals surface area contributed by atoms with Crippen LogP contribution in [0.15, 0.2) is 0 Å². The van der Waals surface area contributed by atoms with Crippen molar-refractivity contribution < 1.29 is 4.74 Å². The van der Waals surface area contributed by atoms with Crippen LogP contribution in [0, 0.1) is 5.92 Å². The third kappa shape index (κ3) is 4.71. The molecule has 0 aliphatic carbocycles. The molecule has 0 radical (unpaired) electrons. The molecule has 7 heteroatoms. The van der Waals surface area contributed by atoms with Crippen LogP contribution in [0.25, 0.3) is 0 Å². The first-order chi connectivity index (χ1) is 12.2. The Balaban J connectivity index is 1.73. The molecule has 25 heavy (non-hydrogen) atoms. The summed E-state index contributed by atoms with van der Waals surface area (Å²) in [6, 6.07) is 0.429. The van der Waals surface area contributed by atoms with E-state index in [1.807, 2.05) is 0 Å². The second kappa shape index (κ2) is 8.65. The Bertz CT molecular complexity index is 546. The average molecular weight is 348 g/mol. The molecule has 140 valence electrons. The molecule has 2 aliphatic heterocycles. The van der Waals surface area contributed by atoms with Crippen molar-refractivity contribution in [3.63, 3.8) is 0 Å². The summed E-state index contributed by atoms with van der Waals surface area (Å²) < 4.78 is 5.36. The highest BCUT2D eigenvalue weighted by molar-refractivity contribution is 5.41. The Morgan fingerprint density at radius 1 is 1.00 bits per heavy atom. The monoisotopic (exact) mass is 348 g/mol. The second-order valence-electron chi connectivity index (χ2n) is 7.28. The van der Waals surface area contributed by atoms with Crippen LogP contribution in [0.5, 0.6) is 6.01 Å². The van der Waals surface area contributed by atoms with Gasteiger partial charge in [0, 0.05) is 32.7 Å². The lowest BCUT2D eigenvalue weighted by molar-refractivity contribution is 0.300. The first kappa shape index (κ1) is 18.2. The lowest BCUT2D eigenvalue weighted by atomic mass is 10.1. The van der Waals surface area contributed by atoms with Crippen molar-refractivity contribution in [3.8, 4) is 6.01 Å². The molecule has 0 amide bonds. The minimum Gasteiger partial charge on any atom is -0.467 e. The topological polar surface area (TPSA) is 57.6 Å². The first-order valence-corrected chi connectivity index (χ1v) is 9.68. The second-order valence-corrected chi connectivity index (χ2v) is 7.28. The van der Waals surface area contributed by atoms with Crippen molar-refractivity contribution in [1.29, 1.82) is 0 Å². The molecule has 0 N–H and O–H groups in total. The molecular formula is C18H32N6O. The van der Waals surface area contributed by atoms with Gasteiger partial charge in [0.15, 0.2) is 0 Å². The van der Waals surface area contributed by atoms with Crippen molar-refractivity contribution in [2.75, 3.05) is 63.2 Å². The number of hydrogen-bond donors (Lipinski definition) is 0. The Kier molecular flexibility index (Phi) is 6.29. The van der Waals surface area contributed by atoms with E-state index in [9.17, 15) is 0 Å². The Hall–Kier alpha value is -1.63. The number of nitrogens with zero attached hydrogens (tertiary/aromatic N) is 6. The zero-order valence-electron chi connectivity index (χ0n) is 15.9. The lowest BCUT2D eigenvalue weighted by Crippen LogP contribution is -2.30. The van der Waals surface area contributed by atoms with Crippen LogP contribution in [0.2, 0.25) is 0 Å². The molecule has 2 aliphatic rings. The van der Waals surface area contributed by atoms with E-state index in [0.29, 0.717) is 11.9 Å². The van der Waals surface area contributed by atoms with Crippen molar-refractivity contribution in [3.05, 3.63) is 0 Å². The quantitative estimate of drug-likeness (QED) is 0.780. The maximum absolute atomic E-state index is 5.36. The van der Waals surface area contributed by atoms with Gasteiger partial charge in [0.2, 0.25) is 11.9 Å². The first-order valence-electron chi connectivity index (χ1n) is 9.68. The summed E-state index contributed by atoms with van der Waals surface area (Å²) in [6.45, 7) is 8.50. The molecule has 2 fully saturated rings. The Labute approximate surface area is 151 Å². The maximum Gasteiger partial charge on any atom is 0.322 e. The van der Waals surface area contributed by atoms with Gasteiger partial charge in [0.1, 0.15) is 0 Å². The predicted molar refractivity (Wildman–Crippen MR) is 101 cm³/mol. The zero-order valence-corrected chi connectivity index (χ0v) is 15.9. The van der Waals surface area contributed by atoms with Crippen molar-refractivity contribution in [2.24, 2.45) is 5.92 Å². The molecule has 0 aromatic carbocycles. The molecule has 2 saturated heterocycles. The molecule has 0 saturated carbocycles. The summed E-state index contributed by atoms with van der Waals surface area (Å²) in [7, 11) is 3.82. The third-order valence-electron chi connectivity index (χ3n) is 5.34. The molecule has 1 aromatic rings. The van der Waals surface area contributed by atoms with Crippen LogP contribution >= 0.6 is 0 Å². The summed E-state index contributed by atoms with van der Waals surface area (Å²) in [5, 5.41) is 0. The van der Waals surface area contributed by atoms with Gasteiger partial charge in [-0.3, -0.25) is 0 Å². The van der Waals surface area contributed by atoms with Crippen LogP contribution in [0.4, 0.5) is 11.9 Å². The number of rotatable bonds is 6. The van der Waals surface area contributed by atoms with E-state index in [-0.39, 0.29) is 0 Å². The minimum absolute atomic E-state index is 0.429. The predicted octanol–water partition coefficient (Wildman–Crippen LogP) is 2.04. The molecule has 1 atom stereocenters. The van der Waals surface area contributed by atoms with Gasteiger partial charge in [-0.1, -0.05) is 19.8 Å². The van der Waals surface area contributed by atoms with Gasteiger partial charge >= 0.3 is 6.01 Å². The molecule has 3 rings (SSSR count). The van der Waals surface area contributed by atoms with Crippen LogP contribution in [-0.2, 0) is 0 Å². The summed E-state index contributed by atoms with van der Waals surface area (Å²) >= 11 is 0. The highest BCUT2D eigenvalue weighted by atomic mass is 16.5. The molecule has 7 nitrogen and oxygen atoms in total. The van der Waals surface area contributed by atoms with Gasteiger partial charge < -0.3 is 19.4 Å². The van der Waals surface area contributed by atoms with E-state index >= 15 is 0 Å². The molecular weight excluding hydrogens is 316 g/mol. The van der Waals surface area contributed by atoms with Crippen molar-refractivity contribution in [1.82, 2.24) is 19.9 Å². The molecule has 1 unspecified atom stereocenters. The normalized spacial score (nSPS) is 21.7. The SMILES string of the molecule is CCN(C)CC1CCN(c2nc(OC)nc(N3CCCCCC3)n2)C1. The largest absolute Gasteiger partial charge is 0.467 e. The third-order valence-corrected chi connectivity index (χ3v) is 5.34. The van der Waals surface area contributed by atoms with Gasteiger partial charge in [-0.05, 0) is 38.8 Å². The van der Waals surface area contributed by atoms with Crippen LogP contribution in [-0.4, -0.2) is 73.3 Å². The van der Waals surface area contributed by atoms with E-state index in [1.54, 1.807) is 7.11 Å². The molecule has 0 spiro atoms. The zero-order chi connectivity index (χ0) is 17.6. The van der Waals surface area contributed by atoms with Gasteiger partial charge in [0.05, 0.1) is 7.11 Å². The van der Waals surface area contributed by atoms with Gasteiger partial charge in [-0.25, -0.2) is 0 Å². The summed E-state index contributed by atoms with van der Waals surface area (Å²) in [5.74, 6) is 2.22. The lowest BCUT2D eigenvalue weighted by Gasteiger charge is -2.23. The molecule has 3 heterocycles. The fraction of sp³-hybridized carbons (Fsp3) is 0.833. The Morgan fingerprint density at radius 2 is 1.68 bits per heavy atom. The van der Waals surface area contributed by atoms with Gasteiger partial charge in [0.25, 0.3) is 0 Å². The minimum atomic E-state index is 0.429. The number of hydrogen-bond acceptors (Lipinski definition) is 7.